The predicted molar refractivity (Wildman–Crippen MR) is 75.5 cm³/mol. The van der Waals surface area contributed by atoms with Gasteiger partial charge in [-0.15, -0.1) is 5.11 Å². The van der Waals surface area contributed by atoms with Crippen molar-refractivity contribution >= 4 is 57.9 Å². The SMILES string of the molecule is CCC(=O)C(Cl)(Cl)N=Nc1c(C)cc(Cl)cc1Cl. The predicted octanol–water partition coefficient (Wildman–Crippen LogP) is 5.50. The highest BCUT2D eigenvalue weighted by atomic mass is 35.5. The highest BCUT2D eigenvalue weighted by molar-refractivity contribution is 6.58. The molecule has 0 spiro atoms. The second-order valence-corrected chi connectivity index (χ2v) is 5.70. The maximum atomic E-state index is 11.4. The van der Waals surface area contributed by atoms with Crippen LogP contribution in [0, 0.1) is 6.92 Å². The van der Waals surface area contributed by atoms with Crippen LogP contribution in [-0.4, -0.2) is 10.2 Å². The molecule has 0 saturated heterocycles. The van der Waals surface area contributed by atoms with E-state index in [1.165, 1.54) is 6.07 Å². The van der Waals surface area contributed by atoms with Gasteiger partial charge in [0.15, 0.2) is 5.78 Å². The summed E-state index contributed by atoms with van der Waals surface area (Å²) in [5.74, 6) is -0.433. The summed E-state index contributed by atoms with van der Waals surface area (Å²) in [6.45, 7) is 3.40. The number of azo groups is 1. The van der Waals surface area contributed by atoms with Crippen LogP contribution < -0.4 is 0 Å². The molecule has 0 atom stereocenters. The van der Waals surface area contributed by atoms with E-state index in [4.69, 9.17) is 46.4 Å². The Morgan fingerprint density at radius 2 is 1.94 bits per heavy atom. The largest absolute Gasteiger partial charge is 0.294 e. The van der Waals surface area contributed by atoms with E-state index in [1.807, 2.05) is 0 Å². The quantitative estimate of drug-likeness (QED) is 0.409. The third-order valence-corrected chi connectivity index (χ3v) is 3.23. The van der Waals surface area contributed by atoms with Crippen molar-refractivity contribution in [3.63, 3.8) is 0 Å². The molecular weight excluding hydrogens is 318 g/mol. The highest BCUT2D eigenvalue weighted by Crippen LogP contribution is 2.35. The third-order valence-electron chi connectivity index (χ3n) is 2.15. The molecule has 18 heavy (non-hydrogen) atoms. The van der Waals surface area contributed by atoms with Gasteiger partial charge in [-0.05, 0) is 24.6 Å². The molecule has 0 fully saturated rings. The molecule has 0 unspecified atom stereocenters. The van der Waals surface area contributed by atoms with Gasteiger partial charge in [0.1, 0.15) is 5.69 Å². The van der Waals surface area contributed by atoms with Gasteiger partial charge in [-0.25, -0.2) is 0 Å². The molecule has 0 radical (unpaired) electrons. The van der Waals surface area contributed by atoms with Gasteiger partial charge < -0.3 is 0 Å². The van der Waals surface area contributed by atoms with Crippen LogP contribution in [0.5, 0.6) is 0 Å². The number of hydrogen-bond donors (Lipinski definition) is 0. The van der Waals surface area contributed by atoms with Crippen molar-refractivity contribution in [2.24, 2.45) is 10.2 Å². The molecular formula is C11H10Cl4N2O. The van der Waals surface area contributed by atoms with Crippen LogP contribution in [0.4, 0.5) is 5.69 Å². The average Bonchev–Trinajstić information content (AvgIpc) is 2.26. The standard InChI is InChI=1S/C11H10Cl4N2O/c1-3-9(18)11(14,15)17-16-10-6(2)4-7(12)5-8(10)13/h4-5H,3H2,1-2H3. The summed E-state index contributed by atoms with van der Waals surface area (Å²) < 4.78 is -1.88. The Morgan fingerprint density at radius 1 is 1.33 bits per heavy atom. The minimum absolute atomic E-state index is 0.166. The summed E-state index contributed by atoms with van der Waals surface area (Å²) in [5, 5.41) is 8.27. The average molecular weight is 328 g/mol. The lowest BCUT2D eigenvalue weighted by molar-refractivity contribution is -0.119. The first-order valence-electron chi connectivity index (χ1n) is 5.07. The lowest BCUT2D eigenvalue weighted by atomic mass is 10.2. The number of benzene rings is 1. The fraction of sp³-hybridized carbons (Fsp3) is 0.364. The summed E-state index contributed by atoms with van der Waals surface area (Å²) in [7, 11) is 0. The Kier molecular flexibility index (Phi) is 5.41. The number of alkyl halides is 2. The number of hydrogen-bond acceptors (Lipinski definition) is 3. The fourth-order valence-corrected chi connectivity index (χ4v) is 2.18. The van der Waals surface area contributed by atoms with Crippen LogP contribution in [-0.2, 0) is 4.79 Å². The van der Waals surface area contributed by atoms with Gasteiger partial charge in [0.25, 0.3) is 4.46 Å². The second kappa shape index (κ2) is 6.20. The summed E-state index contributed by atoms with van der Waals surface area (Å²) >= 11 is 23.3. The molecule has 3 nitrogen and oxygen atoms in total. The summed E-state index contributed by atoms with van der Waals surface area (Å²) in [5.41, 5.74) is 1.10. The summed E-state index contributed by atoms with van der Waals surface area (Å²) in [6.07, 6.45) is 0.166. The van der Waals surface area contributed by atoms with Crippen molar-refractivity contribution in [1.82, 2.24) is 0 Å². The molecule has 0 N–H and O–H groups in total. The number of nitrogens with zero attached hydrogens (tertiary/aromatic N) is 2. The van der Waals surface area contributed by atoms with Crippen LogP contribution >= 0.6 is 46.4 Å². The first-order valence-corrected chi connectivity index (χ1v) is 6.58. The van der Waals surface area contributed by atoms with Crippen molar-refractivity contribution in [3.05, 3.63) is 27.7 Å². The number of carbonyl (C=O) groups is 1. The molecule has 98 valence electrons. The van der Waals surface area contributed by atoms with Crippen molar-refractivity contribution in [2.45, 2.75) is 24.7 Å². The Labute approximate surface area is 125 Å². The maximum Gasteiger partial charge on any atom is 0.286 e. The van der Waals surface area contributed by atoms with Gasteiger partial charge in [-0.2, -0.15) is 5.11 Å². The zero-order valence-corrected chi connectivity index (χ0v) is 12.7. The smallest absolute Gasteiger partial charge is 0.286 e. The molecule has 0 heterocycles. The highest BCUT2D eigenvalue weighted by Gasteiger charge is 2.32. The number of Topliss-reactive ketones (excluding diaryl/α,β-unsaturated/α-hetero) is 1. The molecule has 0 saturated carbocycles. The molecule has 0 aromatic heterocycles. The van der Waals surface area contributed by atoms with E-state index in [-0.39, 0.29) is 6.42 Å². The number of carbonyl (C=O) groups excluding carboxylic acids is 1. The van der Waals surface area contributed by atoms with E-state index in [9.17, 15) is 4.79 Å². The van der Waals surface area contributed by atoms with Crippen LogP contribution in [0.15, 0.2) is 22.4 Å². The van der Waals surface area contributed by atoms with E-state index < -0.39 is 10.2 Å². The van der Waals surface area contributed by atoms with Gasteiger partial charge in [-0.3, -0.25) is 4.79 Å². The van der Waals surface area contributed by atoms with Gasteiger partial charge in [0.2, 0.25) is 0 Å². The molecule has 1 aromatic carbocycles. The van der Waals surface area contributed by atoms with Crippen molar-refractivity contribution in [1.29, 1.82) is 0 Å². The molecule has 0 aliphatic carbocycles. The molecule has 1 aromatic rings. The fourth-order valence-electron chi connectivity index (χ4n) is 1.20. The minimum atomic E-state index is -1.88. The van der Waals surface area contributed by atoms with Crippen molar-refractivity contribution < 1.29 is 4.79 Å². The molecule has 0 amide bonds. The summed E-state index contributed by atoms with van der Waals surface area (Å²) in [6, 6.07) is 3.20. The third kappa shape index (κ3) is 3.82. The summed E-state index contributed by atoms with van der Waals surface area (Å²) in [4.78, 5) is 11.4. The first kappa shape index (κ1) is 15.7. The number of aryl methyl sites for hydroxylation is 1. The van der Waals surface area contributed by atoms with Crippen molar-refractivity contribution in [2.75, 3.05) is 0 Å². The van der Waals surface area contributed by atoms with Crippen LogP contribution in [0.25, 0.3) is 0 Å². The lowest BCUT2D eigenvalue weighted by Gasteiger charge is -2.10. The Hall–Kier alpha value is -0.350. The topological polar surface area (TPSA) is 41.8 Å². The lowest BCUT2D eigenvalue weighted by Crippen LogP contribution is -2.21. The molecule has 7 heteroatoms. The van der Waals surface area contributed by atoms with E-state index in [1.54, 1.807) is 19.9 Å². The first-order chi connectivity index (χ1) is 8.27. The second-order valence-electron chi connectivity index (χ2n) is 3.57. The monoisotopic (exact) mass is 326 g/mol. The van der Waals surface area contributed by atoms with Gasteiger partial charge in [0, 0.05) is 11.4 Å². The molecule has 0 aliphatic heterocycles. The van der Waals surface area contributed by atoms with E-state index >= 15 is 0 Å². The molecule has 0 bridgehead atoms. The maximum absolute atomic E-state index is 11.4. The van der Waals surface area contributed by atoms with Crippen LogP contribution in [0.1, 0.15) is 18.9 Å². The van der Waals surface area contributed by atoms with Gasteiger partial charge >= 0.3 is 0 Å². The van der Waals surface area contributed by atoms with E-state index in [2.05, 4.69) is 10.2 Å². The van der Waals surface area contributed by atoms with Crippen molar-refractivity contribution in [3.8, 4) is 0 Å². The zero-order valence-electron chi connectivity index (χ0n) is 9.68. The Balaban J connectivity index is 3.09. The number of rotatable bonds is 4. The zero-order chi connectivity index (χ0) is 13.9. The normalized spacial score (nSPS) is 12.1. The van der Waals surface area contributed by atoms with E-state index in [0.29, 0.717) is 21.3 Å². The Morgan fingerprint density at radius 3 is 2.44 bits per heavy atom. The van der Waals surface area contributed by atoms with Crippen LogP contribution in [0.3, 0.4) is 0 Å². The van der Waals surface area contributed by atoms with Crippen LogP contribution in [0.2, 0.25) is 10.0 Å². The Bertz CT molecular complexity index is 477. The number of ketones is 1. The number of halogens is 4. The van der Waals surface area contributed by atoms with E-state index in [0.717, 1.165) is 0 Å². The molecule has 0 aliphatic rings. The van der Waals surface area contributed by atoms with Gasteiger partial charge in [-0.1, -0.05) is 53.3 Å². The molecule has 1 rings (SSSR count). The minimum Gasteiger partial charge on any atom is -0.294 e. The van der Waals surface area contributed by atoms with Gasteiger partial charge in [0.05, 0.1) is 5.02 Å².